The van der Waals surface area contributed by atoms with Crippen LogP contribution in [0.25, 0.3) is 0 Å². The van der Waals surface area contributed by atoms with Gasteiger partial charge >= 0.3 is 5.97 Å². The Bertz CT molecular complexity index is 661. The van der Waals surface area contributed by atoms with Crippen LogP contribution in [0.4, 0.5) is 0 Å². The first kappa shape index (κ1) is 23.0. The van der Waals surface area contributed by atoms with Crippen molar-refractivity contribution in [3.8, 4) is 5.75 Å². The fourth-order valence-corrected chi connectivity index (χ4v) is 3.61. The molecule has 1 heterocycles. The van der Waals surface area contributed by atoms with Gasteiger partial charge < -0.3 is 24.6 Å². The summed E-state index contributed by atoms with van der Waals surface area (Å²) >= 11 is 0. The third kappa shape index (κ3) is 6.63. The van der Waals surface area contributed by atoms with Gasteiger partial charge in [-0.05, 0) is 58.5 Å². The molecule has 162 valence electrons. The molecule has 2 unspecified atom stereocenters. The first-order valence-electron chi connectivity index (χ1n) is 10.5. The van der Waals surface area contributed by atoms with Crippen LogP contribution in [0.1, 0.15) is 38.3 Å². The Morgan fingerprint density at radius 3 is 2.62 bits per heavy atom. The van der Waals surface area contributed by atoms with Crippen molar-refractivity contribution in [3.05, 3.63) is 29.8 Å². The van der Waals surface area contributed by atoms with Crippen molar-refractivity contribution < 1.29 is 14.3 Å². The molecule has 0 bridgehead atoms. The molecule has 1 aliphatic heterocycles. The van der Waals surface area contributed by atoms with E-state index in [1.807, 2.05) is 19.1 Å². The number of hydrogen-bond donors (Lipinski definition) is 1. The molecule has 7 heteroatoms. The van der Waals surface area contributed by atoms with Gasteiger partial charge in [0.05, 0.1) is 32.2 Å². The highest BCUT2D eigenvalue weighted by atomic mass is 16.5. The highest BCUT2D eigenvalue weighted by molar-refractivity contribution is 5.81. The summed E-state index contributed by atoms with van der Waals surface area (Å²) in [5.41, 5.74) is 1.19. The Hall–Kier alpha value is -2.28. The first-order chi connectivity index (χ1) is 14.0. The van der Waals surface area contributed by atoms with E-state index < -0.39 is 0 Å². The SMILES string of the molecule is CCNC(=NCC(c1ccc(OC)cc1)N(C)C)N1CCCC(C(=O)OCC)C1. The van der Waals surface area contributed by atoms with E-state index in [-0.39, 0.29) is 17.9 Å². The van der Waals surface area contributed by atoms with E-state index in [9.17, 15) is 4.79 Å². The lowest BCUT2D eigenvalue weighted by Gasteiger charge is -2.34. The van der Waals surface area contributed by atoms with Crippen molar-refractivity contribution in [2.75, 3.05) is 54.0 Å². The second-order valence-electron chi connectivity index (χ2n) is 7.48. The molecular weight excluding hydrogens is 368 g/mol. The summed E-state index contributed by atoms with van der Waals surface area (Å²) in [6, 6.07) is 8.29. The predicted molar refractivity (Wildman–Crippen MR) is 116 cm³/mol. The lowest BCUT2D eigenvalue weighted by atomic mass is 9.98. The number of benzene rings is 1. The van der Waals surface area contributed by atoms with E-state index in [1.165, 1.54) is 5.56 Å². The molecule has 1 fully saturated rings. The molecule has 0 saturated carbocycles. The van der Waals surface area contributed by atoms with Crippen LogP contribution in [0.2, 0.25) is 0 Å². The number of methoxy groups -OCH3 is 1. The van der Waals surface area contributed by atoms with Crippen LogP contribution in [0.5, 0.6) is 5.75 Å². The van der Waals surface area contributed by atoms with Crippen LogP contribution in [0.15, 0.2) is 29.3 Å². The molecule has 0 aromatic heterocycles. The zero-order chi connectivity index (χ0) is 21.2. The monoisotopic (exact) mass is 404 g/mol. The molecule has 0 radical (unpaired) electrons. The lowest BCUT2D eigenvalue weighted by molar-refractivity contribution is -0.149. The average molecular weight is 405 g/mol. The van der Waals surface area contributed by atoms with Crippen LogP contribution in [-0.2, 0) is 9.53 Å². The number of esters is 1. The number of aliphatic imine (C=N–C) groups is 1. The highest BCUT2D eigenvalue weighted by Gasteiger charge is 2.28. The van der Waals surface area contributed by atoms with E-state index in [4.69, 9.17) is 14.5 Å². The molecule has 0 aliphatic carbocycles. The van der Waals surface area contributed by atoms with E-state index in [0.29, 0.717) is 19.7 Å². The number of likely N-dealkylation sites (N-methyl/N-ethyl adjacent to an activating group) is 1. The van der Waals surface area contributed by atoms with Crippen molar-refractivity contribution in [3.63, 3.8) is 0 Å². The van der Waals surface area contributed by atoms with Crippen LogP contribution < -0.4 is 10.1 Å². The number of hydrogen-bond acceptors (Lipinski definition) is 5. The van der Waals surface area contributed by atoms with E-state index >= 15 is 0 Å². The van der Waals surface area contributed by atoms with Gasteiger partial charge in [0.1, 0.15) is 5.75 Å². The summed E-state index contributed by atoms with van der Waals surface area (Å²) in [6.45, 7) is 7.31. The molecule has 1 N–H and O–H groups in total. The predicted octanol–water partition coefficient (Wildman–Crippen LogP) is 2.54. The van der Waals surface area contributed by atoms with Crippen molar-refractivity contribution in [1.82, 2.24) is 15.1 Å². The number of carbonyl (C=O) groups excluding carboxylic acids is 1. The molecule has 1 aromatic rings. The standard InChI is InChI=1S/C22H36N4O3/c1-6-23-22(26-14-8-9-18(16-26)21(27)29-7-2)24-15-20(25(3)4)17-10-12-19(28-5)13-11-17/h10-13,18,20H,6-9,14-16H2,1-5H3,(H,23,24). The average Bonchev–Trinajstić information content (AvgIpc) is 2.73. The zero-order valence-electron chi connectivity index (χ0n) is 18.5. The minimum Gasteiger partial charge on any atom is -0.497 e. The van der Waals surface area contributed by atoms with Crippen LogP contribution >= 0.6 is 0 Å². The van der Waals surface area contributed by atoms with Crippen LogP contribution in [-0.4, -0.2) is 75.7 Å². The summed E-state index contributed by atoms with van der Waals surface area (Å²) in [7, 11) is 5.80. The van der Waals surface area contributed by atoms with Gasteiger partial charge in [-0.25, -0.2) is 0 Å². The van der Waals surface area contributed by atoms with E-state index in [0.717, 1.165) is 37.6 Å². The summed E-state index contributed by atoms with van der Waals surface area (Å²) in [4.78, 5) is 21.5. The molecule has 7 nitrogen and oxygen atoms in total. The molecule has 0 spiro atoms. The first-order valence-corrected chi connectivity index (χ1v) is 10.5. The third-order valence-electron chi connectivity index (χ3n) is 5.21. The van der Waals surface area contributed by atoms with E-state index in [2.05, 4.69) is 48.3 Å². The highest BCUT2D eigenvalue weighted by Crippen LogP contribution is 2.22. The smallest absolute Gasteiger partial charge is 0.310 e. The van der Waals surface area contributed by atoms with Crippen molar-refractivity contribution in [2.24, 2.45) is 10.9 Å². The number of rotatable bonds is 8. The Kier molecular flexibility index (Phi) is 9.25. The van der Waals surface area contributed by atoms with Crippen LogP contribution in [0.3, 0.4) is 0 Å². The molecule has 2 atom stereocenters. The van der Waals surface area contributed by atoms with Crippen molar-refractivity contribution in [1.29, 1.82) is 0 Å². The normalized spacial score (nSPS) is 18.5. The topological polar surface area (TPSA) is 66.4 Å². The largest absolute Gasteiger partial charge is 0.497 e. The van der Waals surface area contributed by atoms with Crippen LogP contribution in [0, 0.1) is 5.92 Å². The number of nitrogens with one attached hydrogen (secondary N) is 1. The van der Waals surface area contributed by atoms with E-state index in [1.54, 1.807) is 7.11 Å². The second kappa shape index (κ2) is 11.7. The molecule has 1 aromatic carbocycles. The molecule has 2 rings (SSSR count). The number of likely N-dealkylation sites (tertiary alicyclic amines) is 1. The van der Waals surface area contributed by atoms with Gasteiger partial charge in [0, 0.05) is 19.6 Å². The number of carbonyl (C=O) groups is 1. The maximum atomic E-state index is 12.2. The number of ether oxygens (including phenoxy) is 2. The van der Waals surface area contributed by atoms with Gasteiger partial charge in [-0.2, -0.15) is 0 Å². The van der Waals surface area contributed by atoms with Crippen molar-refractivity contribution in [2.45, 2.75) is 32.7 Å². The molecule has 0 amide bonds. The van der Waals surface area contributed by atoms with Gasteiger partial charge in [0.25, 0.3) is 0 Å². The summed E-state index contributed by atoms with van der Waals surface area (Å²) in [5, 5.41) is 3.39. The van der Waals surface area contributed by atoms with Gasteiger partial charge in [0.15, 0.2) is 5.96 Å². The Balaban J connectivity index is 2.13. The zero-order valence-corrected chi connectivity index (χ0v) is 18.5. The number of piperidine rings is 1. The lowest BCUT2D eigenvalue weighted by Crippen LogP contribution is -2.48. The summed E-state index contributed by atoms with van der Waals surface area (Å²) in [5.74, 6) is 1.53. The Labute approximate surface area is 175 Å². The third-order valence-corrected chi connectivity index (χ3v) is 5.21. The molecule has 29 heavy (non-hydrogen) atoms. The van der Waals surface area contributed by atoms with Gasteiger partial charge in [-0.1, -0.05) is 12.1 Å². The van der Waals surface area contributed by atoms with Crippen molar-refractivity contribution >= 4 is 11.9 Å². The fraction of sp³-hybridized carbons (Fsp3) is 0.636. The minimum atomic E-state index is -0.0996. The van der Waals surface area contributed by atoms with Gasteiger partial charge in [-0.15, -0.1) is 0 Å². The van der Waals surface area contributed by atoms with Gasteiger partial charge in [-0.3, -0.25) is 9.79 Å². The minimum absolute atomic E-state index is 0.0845. The maximum absolute atomic E-state index is 12.2. The Morgan fingerprint density at radius 2 is 2.03 bits per heavy atom. The van der Waals surface area contributed by atoms with Gasteiger partial charge in [0.2, 0.25) is 0 Å². The second-order valence-corrected chi connectivity index (χ2v) is 7.48. The maximum Gasteiger partial charge on any atom is 0.310 e. The molecule has 1 saturated heterocycles. The molecular formula is C22H36N4O3. The summed E-state index contributed by atoms with van der Waals surface area (Å²) in [6.07, 6.45) is 1.84. The number of nitrogens with zero attached hydrogens (tertiary/aromatic N) is 3. The fourth-order valence-electron chi connectivity index (χ4n) is 3.61. The Morgan fingerprint density at radius 1 is 1.31 bits per heavy atom. The molecule has 1 aliphatic rings. The summed E-state index contributed by atoms with van der Waals surface area (Å²) < 4.78 is 10.5. The number of guanidine groups is 1. The quantitative estimate of drug-likeness (QED) is 0.408.